The predicted octanol–water partition coefficient (Wildman–Crippen LogP) is 2.74. The first-order chi connectivity index (χ1) is 12.9. The van der Waals surface area contributed by atoms with Gasteiger partial charge in [-0.05, 0) is 49.2 Å². The Balaban J connectivity index is 1.82. The van der Waals surface area contributed by atoms with Gasteiger partial charge >= 0.3 is 0 Å². The molecule has 0 aromatic heterocycles. The van der Waals surface area contributed by atoms with Gasteiger partial charge in [-0.3, -0.25) is 9.52 Å². The van der Waals surface area contributed by atoms with Crippen LogP contribution >= 0.6 is 0 Å². The molecule has 1 amide bonds. The van der Waals surface area contributed by atoms with Crippen LogP contribution < -0.4 is 14.2 Å². The van der Waals surface area contributed by atoms with Crippen LogP contribution in [-0.2, 0) is 10.0 Å². The minimum atomic E-state index is -3.84. The second-order valence-corrected chi connectivity index (χ2v) is 7.88. The molecule has 144 valence electrons. The summed E-state index contributed by atoms with van der Waals surface area (Å²) in [7, 11) is -0.890. The second kappa shape index (κ2) is 7.87. The third-order valence-electron chi connectivity index (χ3n) is 4.46. The van der Waals surface area contributed by atoms with Crippen LogP contribution in [-0.4, -0.2) is 46.5 Å². The van der Waals surface area contributed by atoms with Crippen LogP contribution in [0.15, 0.2) is 47.4 Å². The number of sulfonamides is 1. The highest BCUT2D eigenvalue weighted by Gasteiger charge is 2.21. The van der Waals surface area contributed by atoms with Crippen LogP contribution in [0.2, 0.25) is 0 Å². The van der Waals surface area contributed by atoms with Gasteiger partial charge in [-0.25, -0.2) is 8.42 Å². The minimum absolute atomic E-state index is 0.0605. The first-order valence-corrected chi connectivity index (χ1v) is 10.1. The van der Waals surface area contributed by atoms with Crippen molar-refractivity contribution >= 4 is 21.6 Å². The smallest absolute Gasteiger partial charge is 0.262 e. The number of nitrogens with one attached hydrogen (secondary N) is 1. The van der Waals surface area contributed by atoms with E-state index in [9.17, 15) is 13.2 Å². The zero-order valence-corrected chi connectivity index (χ0v) is 16.1. The number of nitrogens with zero attached hydrogens (tertiary/aromatic N) is 1. The predicted molar refractivity (Wildman–Crippen MR) is 102 cm³/mol. The number of carbonyl (C=O) groups is 1. The van der Waals surface area contributed by atoms with Gasteiger partial charge in [0.1, 0.15) is 11.5 Å². The average Bonchev–Trinajstić information content (AvgIpc) is 3.22. The monoisotopic (exact) mass is 390 g/mol. The van der Waals surface area contributed by atoms with Gasteiger partial charge in [0.05, 0.1) is 24.8 Å². The Kier molecular flexibility index (Phi) is 5.55. The molecule has 0 bridgehead atoms. The molecule has 7 nitrogen and oxygen atoms in total. The largest absolute Gasteiger partial charge is 0.497 e. The Morgan fingerprint density at radius 3 is 2.26 bits per heavy atom. The van der Waals surface area contributed by atoms with Crippen molar-refractivity contribution in [2.75, 3.05) is 32.0 Å². The van der Waals surface area contributed by atoms with E-state index in [1.54, 1.807) is 23.1 Å². The van der Waals surface area contributed by atoms with Crippen LogP contribution in [0.25, 0.3) is 0 Å². The SMILES string of the molecule is COc1ccc(OC)c(NS(=O)(=O)c2ccc(C(=O)N3CCCC3)cc2)c1. The maximum Gasteiger partial charge on any atom is 0.262 e. The highest BCUT2D eigenvalue weighted by molar-refractivity contribution is 7.92. The van der Waals surface area contributed by atoms with Crippen molar-refractivity contribution in [2.24, 2.45) is 0 Å². The van der Waals surface area contributed by atoms with Crippen molar-refractivity contribution in [3.05, 3.63) is 48.0 Å². The van der Waals surface area contributed by atoms with E-state index in [0.717, 1.165) is 25.9 Å². The normalized spacial score (nSPS) is 14.1. The lowest BCUT2D eigenvalue weighted by Gasteiger charge is -2.16. The lowest BCUT2D eigenvalue weighted by molar-refractivity contribution is 0.0792. The molecule has 1 saturated heterocycles. The molecule has 0 radical (unpaired) electrons. The number of rotatable bonds is 6. The van der Waals surface area contributed by atoms with Gasteiger partial charge in [0.25, 0.3) is 15.9 Å². The van der Waals surface area contributed by atoms with Gasteiger partial charge in [0, 0.05) is 24.7 Å². The number of hydrogen-bond acceptors (Lipinski definition) is 5. The Morgan fingerprint density at radius 1 is 1.00 bits per heavy atom. The molecule has 1 aliphatic rings. The van der Waals surface area contributed by atoms with E-state index in [2.05, 4.69) is 4.72 Å². The van der Waals surface area contributed by atoms with E-state index in [-0.39, 0.29) is 16.5 Å². The Labute approximate surface area is 158 Å². The van der Waals surface area contributed by atoms with E-state index in [0.29, 0.717) is 17.1 Å². The lowest BCUT2D eigenvalue weighted by atomic mass is 10.2. The molecule has 27 heavy (non-hydrogen) atoms. The summed E-state index contributed by atoms with van der Waals surface area (Å²) in [6.07, 6.45) is 2.01. The number of anilines is 1. The van der Waals surface area contributed by atoms with Gasteiger partial charge < -0.3 is 14.4 Å². The molecule has 1 N–H and O–H groups in total. The van der Waals surface area contributed by atoms with Crippen molar-refractivity contribution < 1.29 is 22.7 Å². The summed E-state index contributed by atoms with van der Waals surface area (Å²) in [6, 6.07) is 10.8. The quantitative estimate of drug-likeness (QED) is 0.820. The molecule has 0 spiro atoms. The van der Waals surface area contributed by atoms with E-state index in [1.807, 2.05) is 0 Å². The summed E-state index contributed by atoms with van der Waals surface area (Å²) >= 11 is 0. The first-order valence-electron chi connectivity index (χ1n) is 8.59. The maximum atomic E-state index is 12.7. The molecule has 2 aromatic rings. The number of benzene rings is 2. The molecule has 2 aromatic carbocycles. The Morgan fingerprint density at radius 2 is 1.67 bits per heavy atom. The molecular weight excluding hydrogens is 368 g/mol. The number of methoxy groups -OCH3 is 2. The number of likely N-dealkylation sites (tertiary alicyclic amines) is 1. The van der Waals surface area contributed by atoms with Gasteiger partial charge in [-0.2, -0.15) is 0 Å². The van der Waals surface area contributed by atoms with Crippen LogP contribution in [0.5, 0.6) is 11.5 Å². The number of amides is 1. The third kappa shape index (κ3) is 4.16. The van der Waals surface area contributed by atoms with Gasteiger partial charge in [-0.15, -0.1) is 0 Å². The van der Waals surface area contributed by atoms with Crippen LogP contribution in [0.4, 0.5) is 5.69 Å². The van der Waals surface area contributed by atoms with E-state index in [4.69, 9.17) is 9.47 Å². The van der Waals surface area contributed by atoms with Crippen LogP contribution in [0.1, 0.15) is 23.2 Å². The second-order valence-electron chi connectivity index (χ2n) is 6.20. The Bertz CT molecular complexity index is 920. The summed E-state index contributed by atoms with van der Waals surface area (Å²) < 4.78 is 38.2. The maximum absolute atomic E-state index is 12.7. The molecule has 3 rings (SSSR count). The van der Waals surface area contributed by atoms with Gasteiger partial charge in [0.2, 0.25) is 0 Å². The zero-order chi connectivity index (χ0) is 19.4. The molecular formula is C19H22N2O5S. The number of carbonyl (C=O) groups excluding carboxylic acids is 1. The topological polar surface area (TPSA) is 84.9 Å². The summed E-state index contributed by atoms with van der Waals surface area (Å²) in [4.78, 5) is 14.2. The van der Waals surface area contributed by atoms with Crippen molar-refractivity contribution in [3.8, 4) is 11.5 Å². The minimum Gasteiger partial charge on any atom is -0.497 e. The highest BCUT2D eigenvalue weighted by atomic mass is 32.2. The fourth-order valence-electron chi connectivity index (χ4n) is 2.98. The molecule has 1 fully saturated rings. The fraction of sp³-hybridized carbons (Fsp3) is 0.316. The van der Waals surface area contributed by atoms with E-state index < -0.39 is 10.0 Å². The van der Waals surface area contributed by atoms with Gasteiger partial charge in [-0.1, -0.05) is 0 Å². The van der Waals surface area contributed by atoms with Crippen molar-refractivity contribution in [1.29, 1.82) is 0 Å². The van der Waals surface area contributed by atoms with Gasteiger partial charge in [0.15, 0.2) is 0 Å². The number of ether oxygens (including phenoxy) is 2. The van der Waals surface area contributed by atoms with Crippen molar-refractivity contribution in [1.82, 2.24) is 4.90 Å². The Hall–Kier alpha value is -2.74. The van der Waals surface area contributed by atoms with Crippen LogP contribution in [0.3, 0.4) is 0 Å². The first kappa shape index (κ1) is 19.0. The zero-order valence-electron chi connectivity index (χ0n) is 15.3. The summed E-state index contributed by atoms with van der Waals surface area (Å²) in [5.74, 6) is 0.805. The summed E-state index contributed by atoms with van der Waals surface area (Å²) in [6.45, 7) is 1.49. The average molecular weight is 390 g/mol. The molecule has 0 unspecified atom stereocenters. The fourth-order valence-corrected chi connectivity index (χ4v) is 4.04. The standard InChI is InChI=1S/C19H22N2O5S/c1-25-15-7-10-18(26-2)17(13-15)20-27(23,24)16-8-5-14(6-9-16)19(22)21-11-3-4-12-21/h5-10,13,20H,3-4,11-12H2,1-2H3. The molecule has 0 aliphatic carbocycles. The highest BCUT2D eigenvalue weighted by Crippen LogP contribution is 2.31. The molecule has 1 aliphatic heterocycles. The lowest BCUT2D eigenvalue weighted by Crippen LogP contribution is -2.27. The molecule has 0 atom stereocenters. The van der Waals surface area contributed by atoms with E-state index >= 15 is 0 Å². The van der Waals surface area contributed by atoms with E-state index in [1.165, 1.54) is 38.5 Å². The van der Waals surface area contributed by atoms with Crippen molar-refractivity contribution in [3.63, 3.8) is 0 Å². The number of hydrogen-bond donors (Lipinski definition) is 1. The summed E-state index contributed by atoms with van der Waals surface area (Å²) in [5, 5.41) is 0. The molecule has 0 saturated carbocycles. The van der Waals surface area contributed by atoms with Crippen LogP contribution in [0, 0.1) is 0 Å². The third-order valence-corrected chi connectivity index (χ3v) is 5.84. The molecule has 1 heterocycles. The molecule has 8 heteroatoms. The van der Waals surface area contributed by atoms with Crippen molar-refractivity contribution in [2.45, 2.75) is 17.7 Å². The summed E-state index contributed by atoms with van der Waals surface area (Å²) in [5.41, 5.74) is 0.754.